The van der Waals surface area contributed by atoms with Crippen LogP contribution in [0, 0.1) is 0 Å². The summed E-state index contributed by atoms with van der Waals surface area (Å²) in [4.78, 5) is 45.2. The van der Waals surface area contributed by atoms with Crippen LogP contribution in [0.3, 0.4) is 0 Å². The van der Waals surface area contributed by atoms with Crippen molar-refractivity contribution in [1.82, 2.24) is 24.0 Å². The average Bonchev–Trinajstić information content (AvgIpc) is 3.10. The van der Waals surface area contributed by atoms with E-state index in [1.165, 1.54) is 16.8 Å². The lowest BCUT2D eigenvalue weighted by atomic mass is 9.88. The van der Waals surface area contributed by atoms with Crippen LogP contribution in [0.15, 0.2) is 46.1 Å². The van der Waals surface area contributed by atoms with Gasteiger partial charge in [-0.1, -0.05) is 19.1 Å². The summed E-state index contributed by atoms with van der Waals surface area (Å²) in [5.41, 5.74) is -0.340. The molecule has 31 heavy (non-hydrogen) atoms. The number of rotatable bonds is 5. The number of nitrogens with zero attached hydrogens (tertiary/aromatic N) is 4. The molecule has 1 aromatic carbocycles. The Morgan fingerprint density at radius 2 is 2.06 bits per heavy atom. The van der Waals surface area contributed by atoms with Crippen LogP contribution in [-0.4, -0.2) is 53.7 Å². The molecule has 0 bridgehead atoms. The van der Waals surface area contributed by atoms with Crippen LogP contribution in [0.5, 0.6) is 0 Å². The molecule has 1 aliphatic heterocycles. The van der Waals surface area contributed by atoms with Crippen LogP contribution in [0.1, 0.15) is 38.6 Å². The number of benzene rings is 1. The summed E-state index contributed by atoms with van der Waals surface area (Å²) in [6.07, 6.45) is 2.78. The Bertz CT molecular complexity index is 1220. The fourth-order valence-electron chi connectivity index (χ4n) is 4.32. The first-order valence-electron chi connectivity index (χ1n) is 10.6. The molecule has 2 aromatic heterocycles. The van der Waals surface area contributed by atoms with E-state index in [0.717, 1.165) is 23.3 Å². The van der Waals surface area contributed by atoms with Crippen LogP contribution in [-0.2, 0) is 17.8 Å². The summed E-state index contributed by atoms with van der Waals surface area (Å²) < 4.78 is 3.39. The van der Waals surface area contributed by atoms with E-state index in [0.29, 0.717) is 25.9 Å². The number of likely N-dealkylation sites (tertiary alicyclic amines) is 1. The number of aromatic amines is 1. The van der Waals surface area contributed by atoms with Crippen LogP contribution in [0.2, 0.25) is 0 Å². The van der Waals surface area contributed by atoms with Gasteiger partial charge in [0.1, 0.15) is 5.82 Å². The Morgan fingerprint density at radius 1 is 1.29 bits per heavy atom. The molecule has 4 rings (SSSR count). The number of carbonyl (C=O) groups is 1. The second-order valence-corrected chi connectivity index (χ2v) is 8.25. The largest absolute Gasteiger partial charge is 0.388 e. The van der Waals surface area contributed by atoms with E-state index >= 15 is 0 Å². The van der Waals surface area contributed by atoms with Crippen LogP contribution < -0.4 is 11.2 Å². The third kappa shape index (κ3) is 4.05. The fraction of sp³-hybridized carbons (Fsp3) is 0.455. The summed E-state index contributed by atoms with van der Waals surface area (Å²) in [6, 6.07) is 8.47. The van der Waals surface area contributed by atoms with Gasteiger partial charge in [-0.25, -0.2) is 9.78 Å². The minimum absolute atomic E-state index is 0.0437. The highest BCUT2D eigenvalue weighted by Crippen LogP contribution is 2.31. The first-order valence-corrected chi connectivity index (χ1v) is 10.6. The van der Waals surface area contributed by atoms with Crippen molar-refractivity contribution >= 4 is 16.9 Å². The number of aromatic nitrogens is 4. The smallest absolute Gasteiger partial charge is 0.328 e. The number of piperidine rings is 1. The second-order valence-electron chi connectivity index (χ2n) is 8.25. The van der Waals surface area contributed by atoms with Crippen molar-refractivity contribution in [1.29, 1.82) is 0 Å². The highest BCUT2D eigenvalue weighted by atomic mass is 16.3. The molecule has 164 valence electrons. The molecule has 1 saturated heterocycles. The lowest BCUT2D eigenvalue weighted by Gasteiger charge is -2.43. The Kier molecular flexibility index (Phi) is 5.53. The number of hydrogen-bond acceptors (Lipinski definition) is 5. The van der Waals surface area contributed by atoms with Gasteiger partial charge in [0.25, 0.3) is 5.56 Å². The molecule has 0 unspecified atom stereocenters. The topological polar surface area (TPSA) is 113 Å². The molecule has 2 N–H and O–H groups in total. The van der Waals surface area contributed by atoms with Gasteiger partial charge in [0.2, 0.25) is 5.91 Å². The number of carbonyl (C=O) groups excluding carboxylic acids is 1. The summed E-state index contributed by atoms with van der Waals surface area (Å²) in [5.74, 6) is 0.894. The number of hydrogen-bond donors (Lipinski definition) is 2. The maximum Gasteiger partial charge on any atom is 0.328 e. The number of aryl methyl sites for hydroxylation is 2. The number of nitrogens with one attached hydrogen (secondary N) is 1. The zero-order valence-corrected chi connectivity index (χ0v) is 17.7. The van der Waals surface area contributed by atoms with Crippen molar-refractivity contribution in [2.45, 2.75) is 51.3 Å². The van der Waals surface area contributed by atoms with Crippen molar-refractivity contribution in [2.75, 3.05) is 13.1 Å². The van der Waals surface area contributed by atoms with E-state index < -0.39 is 22.9 Å². The number of H-pyrrole nitrogens is 1. The standard InChI is InChI=1S/C22H27N5O4/c1-3-18-23-15-6-4-5-7-16(15)26(18)12-9-20(29)25-13-10-22(2,31)17(14-25)27-11-8-19(28)24-21(27)30/h4-8,11,17,31H,3,9-10,12-14H2,1-2H3,(H,24,28,30)/t17-,22-/m1/s1. The van der Waals surface area contributed by atoms with Gasteiger partial charge in [0, 0.05) is 44.7 Å². The maximum atomic E-state index is 13.0. The third-order valence-electron chi connectivity index (χ3n) is 6.14. The number of imidazole rings is 1. The Hall–Kier alpha value is -3.20. The SMILES string of the molecule is CCc1nc2ccccc2n1CCC(=O)N1CC[C@@](C)(O)[C@H](n2ccc(=O)[nH]c2=O)C1. The van der Waals surface area contributed by atoms with Crippen LogP contribution in [0.4, 0.5) is 0 Å². The minimum atomic E-state index is -1.17. The van der Waals surface area contributed by atoms with E-state index in [9.17, 15) is 19.5 Å². The lowest BCUT2D eigenvalue weighted by Crippen LogP contribution is -2.55. The van der Waals surface area contributed by atoms with Gasteiger partial charge >= 0.3 is 5.69 Å². The van der Waals surface area contributed by atoms with Crippen molar-refractivity contribution in [3.05, 3.63) is 63.2 Å². The summed E-state index contributed by atoms with van der Waals surface area (Å²) in [5, 5.41) is 10.8. The van der Waals surface area contributed by atoms with Crippen molar-refractivity contribution in [3.63, 3.8) is 0 Å². The van der Waals surface area contributed by atoms with E-state index in [2.05, 4.69) is 14.5 Å². The molecule has 0 saturated carbocycles. The van der Waals surface area contributed by atoms with Crippen LogP contribution >= 0.6 is 0 Å². The quantitative estimate of drug-likeness (QED) is 0.635. The fourth-order valence-corrected chi connectivity index (χ4v) is 4.32. The van der Waals surface area contributed by atoms with Gasteiger partial charge in [0.05, 0.1) is 22.7 Å². The molecule has 2 atom stereocenters. The van der Waals surface area contributed by atoms with E-state index in [4.69, 9.17) is 0 Å². The highest BCUT2D eigenvalue weighted by molar-refractivity contribution is 5.78. The van der Waals surface area contributed by atoms with Gasteiger partial charge in [-0.15, -0.1) is 0 Å². The molecule has 0 aliphatic carbocycles. The molecule has 0 spiro atoms. The van der Waals surface area contributed by atoms with Gasteiger partial charge < -0.3 is 14.6 Å². The maximum absolute atomic E-state index is 13.0. The molecule has 9 heteroatoms. The molecule has 0 radical (unpaired) electrons. The zero-order chi connectivity index (χ0) is 22.2. The molecule has 1 amide bonds. The van der Waals surface area contributed by atoms with Crippen molar-refractivity contribution in [2.24, 2.45) is 0 Å². The summed E-state index contributed by atoms with van der Waals surface area (Å²) in [7, 11) is 0. The molecular weight excluding hydrogens is 398 g/mol. The first-order chi connectivity index (χ1) is 14.8. The lowest BCUT2D eigenvalue weighted by molar-refractivity contribution is -0.138. The number of amides is 1. The van der Waals surface area contributed by atoms with Crippen molar-refractivity contribution < 1.29 is 9.90 Å². The monoisotopic (exact) mass is 425 g/mol. The predicted octanol–water partition coefficient (Wildman–Crippen LogP) is 1.06. The van der Waals surface area contributed by atoms with E-state index in [1.807, 2.05) is 31.2 Å². The van der Waals surface area contributed by atoms with Gasteiger partial charge in [-0.2, -0.15) is 0 Å². The predicted molar refractivity (Wildman–Crippen MR) is 116 cm³/mol. The summed E-state index contributed by atoms with van der Waals surface area (Å²) in [6.45, 7) is 4.81. The molecule has 9 nitrogen and oxygen atoms in total. The number of para-hydroxylation sites is 2. The number of fused-ring (bicyclic) bond motifs is 1. The highest BCUT2D eigenvalue weighted by Gasteiger charge is 2.40. The van der Waals surface area contributed by atoms with Gasteiger partial charge in [-0.3, -0.25) is 19.1 Å². The molecule has 1 aliphatic rings. The number of aliphatic hydroxyl groups is 1. The Morgan fingerprint density at radius 3 is 2.81 bits per heavy atom. The second kappa shape index (κ2) is 8.14. The van der Waals surface area contributed by atoms with E-state index in [-0.39, 0.29) is 12.5 Å². The average molecular weight is 425 g/mol. The van der Waals surface area contributed by atoms with Gasteiger partial charge in [0.15, 0.2) is 0 Å². The third-order valence-corrected chi connectivity index (χ3v) is 6.14. The Balaban J connectivity index is 1.52. The molecule has 3 aromatic rings. The first kappa shape index (κ1) is 21.0. The molecular formula is C22H27N5O4. The summed E-state index contributed by atoms with van der Waals surface area (Å²) >= 11 is 0. The van der Waals surface area contributed by atoms with Crippen LogP contribution in [0.25, 0.3) is 11.0 Å². The Labute approximate surface area is 179 Å². The van der Waals surface area contributed by atoms with E-state index in [1.54, 1.807) is 11.8 Å². The normalized spacial score (nSPS) is 21.5. The van der Waals surface area contributed by atoms with Crippen molar-refractivity contribution in [3.8, 4) is 0 Å². The van der Waals surface area contributed by atoms with Gasteiger partial charge in [-0.05, 0) is 25.5 Å². The zero-order valence-electron chi connectivity index (χ0n) is 17.7. The minimum Gasteiger partial charge on any atom is -0.388 e. The molecule has 3 heterocycles. The molecule has 1 fully saturated rings.